The van der Waals surface area contributed by atoms with Crippen molar-refractivity contribution in [2.24, 2.45) is 0 Å². The van der Waals surface area contributed by atoms with Gasteiger partial charge in [-0.2, -0.15) is 0 Å². The van der Waals surface area contributed by atoms with Crippen molar-refractivity contribution < 1.29 is 36.3 Å². The van der Waals surface area contributed by atoms with Gasteiger partial charge in [-0.3, -0.25) is 0 Å². The zero-order valence-electron chi connectivity index (χ0n) is 8.58. The molecule has 13 heavy (non-hydrogen) atoms. The predicted molar refractivity (Wildman–Crippen MR) is 50.8 cm³/mol. The molecule has 0 aliphatic heterocycles. The van der Waals surface area contributed by atoms with Crippen LogP contribution in [0.15, 0.2) is 0 Å². The van der Waals surface area contributed by atoms with E-state index in [2.05, 4.69) is 0 Å². The Morgan fingerprint density at radius 2 is 1.38 bits per heavy atom. The summed E-state index contributed by atoms with van der Waals surface area (Å²) >= 11 is 0. The van der Waals surface area contributed by atoms with E-state index < -0.39 is 8.60 Å². The second kappa shape index (κ2) is 9.60. The molecule has 0 aliphatic rings. The molecule has 1 radical (unpaired) electrons. The van der Waals surface area contributed by atoms with Crippen LogP contribution in [0.1, 0.15) is 40.5 Å². The van der Waals surface area contributed by atoms with Gasteiger partial charge in [0.15, 0.2) is 0 Å². The maximum Gasteiger partial charge on any atom is 0.330 e. The van der Waals surface area contributed by atoms with Gasteiger partial charge in [-0.25, -0.2) is 0 Å². The molecule has 0 aromatic carbocycles. The first-order valence-electron chi connectivity index (χ1n) is 4.42. The molecule has 3 nitrogen and oxygen atoms in total. The average Bonchev–Trinajstić information content (AvgIpc) is 2.03. The Bertz CT molecular complexity index is 104. The van der Waals surface area contributed by atoms with Crippen molar-refractivity contribution in [2.45, 2.75) is 52.7 Å². The normalized spacial score (nSPS) is 17.3. The third-order valence-corrected chi connectivity index (χ3v) is 2.77. The van der Waals surface area contributed by atoms with Gasteiger partial charge >= 0.3 is 8.60 Å². The molecule has 0 aliphatic carbocycles. The maximum absolute atomic E-state index is 9.27. The Kier molecular flexibility index (Phi) is 12.2. The molecule has 0 fully saturated rings. The van der Waals surface area contributed by atoms with E-state index in [1.54, 1.807) is 0 Å². The van der Waals surface area contributed by atoms with Gasteiger partial charge in [0, 0.05) is 22.4 Å². The maximum atomic E-state index is 9.27. The van der Waals surface area contributed by atoms with Gasteiger partial charge in [-0.15, -0.1) is 0 Å². The van der Waals surface area contributed by atoms with Crippen molar-refractivity contribution in [3.63, 3.8) is 0 Å². The van der Waals surface area contributed by atoms with E-state index in [1.807, 2.05) is 27.7 Å². The summed E-state index contributed by atoms with van der Waals surface area (Å²) < 4.78 is 10.3. The van der Waals surface area contributed by atoms with Crippen LogP contribution in [-0.4, -0.2) is 17.1 Å². The second-order valence-corrected chi connectivity index (χ2v) is 3.78. The Hall–Kier alpha value is 1.05. The summed E-state index contributed by atoms with van der Waals surface area (Å²) in [7, 11) is -1.67. The summed E-state index contributed by atoms with van der Waals surface area (Å²) in [5, 5.41) is 0. The fourth-order valence-corrected chi connectivity index (χ4v) is 1.45. The summed E-state index contributed by atoms with van der Waals surface area (Å²) in [4.78, 5) is 9.27. The minimum absolute atomic E-state index is 0. The molecule has 0 spiro atoms. The van der Waals surface area contributed by atoms with Crippen molar-refractivity contribution in [1.82, 2.24) is 0 Å². The Morgan fingerprint density at radius 3 is 1.62 bits per heavy atom. The summed E-state index contributed by atoms with van der Waals surface area (Å²) in [6, 6.07) is 0. The van der Waals surface area contributed by atoms with Crippen LogP contribution in [0.3, 0.4) is 0 Å². The standard InChI is InChI=1S/C8H19O3P.Ag/c1-5-7(3)10-12(9)11-8(4)6-2;/h7-9H,5-6H2,1-4H3;. The van der Waals surface area contributed by atoms with Crippen LogP contribution >= 0.6 is 8.60 Å². The molecule has 0 heterocycles. The zero-order chi connectivity index (χ0) is 9.56. The number of hydrogen-bond donors (Lipinski definition) is 1. The Balaban J connectivity index is 0. The van der Waals surface area contributed by atoms with E-state index in [1.165, 1.54) is 0 Å². The van der Waals surface area contributed by atoms with Gasteiger partial charge in [0.05, 0.1) is 12.2 Å². The van der Waals surface area contributed by atoms with Crippen LogP contribution in [-0.2, 0) is 31.4 Å². The second-order valence-electron chi connectivity index (χ2n) is 2.89. The van der Waals surface area contributed by atoms with E-state index in [9.17, 15) is 4.89 Å². The quantitative estimate of drug-likeness (QED) is 0.606. The van der Waals surface area contributed by atoms with E-state index in [-0.39, 0.29) is 34.6 Å². The number of rotatable bonds is 6. The van der Waals surface area contributed by atoms with Crippen LogP contribution in [0, 0.1) is 0 Å². The molecule has 0 bridgehead atoms. The van der Waals surface area contributed by atoms with E-state index in [0.717, 1.165) is 12.8 Å². The van der Waals surface area contributed by atoms with Gasteiger partial charge in [-0.1, -0.05) is 13.8 Å². The molecule has 2 atom stereocenters. The topological polar surface area (TPSA) is 38.7 Å². The molecular weight excluding hydrogens is 283 g/mol. The van der Waals surface area contributed by atoms with Crippen molar-refractivity contribution in [3.8, 4) is 0 Å². The van der Waals surface area contributed by atoms with E-state index in [4.69, 9.17) is 9.05 Å². The molecule has 0 aromatic rings. The molecule has 0 aromatic heterocycles. The van der Waals surface area contributed by atoms with Crippen molar-refractivity contribution >= 4 is 8.60 Å². The molecule has 2 unspecified atom stereocenters. The Morgan fingerprint density at radius 1 is 1.08 bits per heavy atom. The van der Waals surface area contributed by atoms with E-state index >= 15 is 0 Å². The van der Waals surface area contributed by atoms with Crippen LogP contribution in [0.5, 0.6) is 0 Å². The molecule has 0 saturated carbocycles. The fraction of sp³-hybridized carbons (Fsp3) is 1.00. The van der Waals surface area contributed by atoms with Gasteiger partial charge in [0.1, 0.15) is 0 Å². The van der Waals surface area contributed by atoms with Crippen LogP contribution < -0.4 is 0 Å². The molecule has 1 N–H and O–H groups in total. The van der Waals surface area contributed by atoms with Gasteiger partial charge in [-0.05, 0) is 26.7 Å². The SMILES string of the molecule is CCC(C)OP(O)OC(C)CC.[Ag]. The summed E-state index contributed by atoms with van der Waals surface area (Å²) in [6.07, 6.45) is 1.93. The summed E-state index contributed by atoms with van der Waals surface area (Å²) in [5.41, 5.74) is 0. The van der Waals surface area contributed by atoms with Crippen molar-refractivity contribution in [2.75, 3.05) is 0 Å². The predicted octanol–water partition coefficient (Wildman–Crippen LogP) is 2.83. The Labute approximate surface area is 97.7 Å². The summed E-state index contributed by atoms with van der Waals surface area (Å²) in [6.45, 7) is 7.87. The van der Waals surface area contributed by atoms with Crippen LogP contribution in [0.4, 0.5) is 0 Å². The molecule has 0 amide bonds. The molecule has 0 saturated heterocycles. The fourth-order valence-electron chi connectivity index (χ4n) is 0.482. The summed E-state index contributed by atoms with van der Waals surface area (Å²) in [5.74, 6) is 0. The van der Waals surface area contributed by atoms with Crippen LogP contribution in [0.2, 0.25) is 0 Å². The number of hydrogen-bond acceptors (Lipinski definition) is 3. The van der Waals surface area contributed by atoms with Gasteiger partial charge in [0.25, 0.3) is 0 Å². The van der Waals surface area contributed by atoms with Gasteiger partial charge in [0.2, 0.25) is 0 Å². The average molecular weight is 302 g/mol. The third kappa shape index (κ3) is 9.36. The largest absolute Gasteiger partial charge is 0.330 e. The smallest absolute Gasteiger partial charge is 0.328 e. The van der Waals surface area contributed by atoms with Crippen molar-refractivity contribution in [3.05, 3.63) is 0 Å². The zero-order valence-corrected chi connectivity index (χ0v) is 11.0. The first-order valence-corrected chi connectivity index (χ1v) is 5.55. The molecular formula is C8H19AgO3P. The molecule has 85 valence electrons. The minimum Gasteiger partial charge on any atom is -0.328 e. The van der Waals surface area contributed by atoms with Crippen molar-refractivity contribution in [1.29, 1.82) is 0 Å². The monoisotopic (exact) mass is 301 g/mol. The minimum atomic E-state index is -1.67. The first-order chi connectivity index (χ1) is 5.60. The first kappa shape index (κ1) is 16.5. The third-order valence-electron chi connectivity index (χ3n) is 1.69. The van der Waals surface area contributed by atoms with Crippen LogP contribution in [0.25, 0.3) is 0 Å². The molecule has 0 rings (SSSR count). The molecule has 5 heteroatoms. The van der Waals surface area contributed by atoms with Gasteiger partial charge < -0.3 is 13.9 Å². The van der Waals surface area contributed by atoms with E-state index in [0.29, 0.717) is 0 Å².